The molecule has 2 heterocycles. The summed E-state index contributed by atoms with van der Waals surface area (Å²) in [6.07, 6.45) is 6.33. The molecule has 7 nitrogen and oxygen atoms in total. The minimum atomic E-state index is -3.52. The fourth-order valence-electron chi connectivity index (χ4n) is 2.31. The van der Waals surface area contributed by atoms with E-state index < -0.39 is 10.0 Å². The maximum atomic E-state index is 12.1. The molecular weight excluding hydrogens is 290 g/mol. The van der Waals surface area contributed by atoms with Crippen LogP contribution < -0.4 is 10.0 Å². The summed E-state index contributed by atoms with van der Waals surface area (Å²) >= 11 is 0. The van der Waals surface area contributed by atoms with Crippen LogP contribution in [0.1, 0.15) is 26.2 Å². The van der Waals surface area contributed by atoms with Gasteiger partial charge in [-0.1, -0.05) is 6.42 Å². The Hall–Kier alpha value is -1.25. The number of hydrogen-bond acceptors (Lipinski definition) is 6. The van der Waals surface area contributed by atoms with Gasteiger partial charge in [-0.05, 0) is 32.9 Å². The van der Waals surface area contributed by atoms with E-state index in [1.54, 1.807) is 0 Å². The zero-order chi connectivity index (χ0) is 15.1. The first-order valence-electron chi connectivity index (χ1n) is 7.40. The van der Waals surface area contributed by atoms with Crippen LogP contribution >= 0.6 is 0 Å². The van der Waals surface area contributed by atoms with E-state index in [0.29, 0.717) is 19.0 Å². The molecule has 21 heavy (non-hydrogen) atoms. The van der Waals surface area contributed by atoms with Crippen molar-refractivity contribution >= 4 is 16.0 Å². The molecule has 1 aromatic heterocycles. The van der Waals surface area contributed by atoms with Crippen molar-refractivity contribution in [1.82, 2.24) is 19.6 Å². The second kappa shape index (κ2) is 7.67. The number of nitrogens with zero attached hydrogens (tertiary/aromatic N) is 3. The number of sulfonamides is 1. The molecule has 1 saturated heterocycles. The Morgan fingerprint density at radius 2 is 1.86 bits per heavy atom. The lowest BCUT2D eigenvalue weighted by atomic mass is 10.1. The summed E-state index contributed by atoms with van der Waals surface area (Å²) in [4.78, 5) is 10.3. The predicted molar refractivity (Wildman–Crippen MR) is 81.7 cm³/mol. The Morgan fingerprint density at radius 1 is 1.19 bits per heavy atom. The first-order chi connectivity index (χ1) is 10.1. The molecule has 1 aliphatic heterocycles. The van der Waals surface area contributed by atoms with Crippen LogP contribution in [0.4, 0.5) is 5.95 Å². The highest BCUT2D eigenvalue weighted by atomic mass is 32.2. The second-order valence-corrected chi connectivity index (χ2v) is 6.84. The van der Waals surface area contributed by atoms with Gasteiger partial charge in [0.05, 0.1) is 12.4 Å². The van der Waals surface area contributed by atoms with E-state index in [0.717, 1.165) is 19.6 Å². The number of rotatable bonds is 7. The lowest BCUT2D eigenvalue weighted by Gasteiger charge is -2.26. The van der Waals surface area contributed by atoms with Crippen molar-refractivity contribution in [1.29, 1.82) is 0 Å². The van der Waals surface area contributed by atoms with Crippen LogP contribution in [0.2, 0.25) is 0 Å². The number of likely N-dealkylation sites (tertiary alicyclic amines) is 1. The topological polar surface area (TPSA) is 87.2 Å². The van der Waals surface area contributed by atoms with Crippen molar-refractivity contribution in [2.24, 2.45) is 0 Å². The number of aromatic nitrogens is 2. The molecule has 0 aliphatic carbocycles. The molecule has 0 unspecified atom stereocenters. The molecular formula is C13H23N5O2S. The fraction of sp³-hybridized carbons (Fsp3) is 0.692. The zero-order valence-corrected chi connectivity index (χ0v) is 13.2. The van der Waals surface area contributed by atoms with Crippen molar-refractivity contribution in [3.05, 3.63) is 12.4 Å². The van der Waals surface area contributed by atoms with E-state index in [9.17, 15) is 8.42 Å². The first-order valence-corrected chi connectivity index (χ1v) is 8.88. The molecule has 0 saturated carbocycles. The van der Waals surface area contributed by atoms with Crippen LogP contribution in [0.15, 0.2) is 17.3 Å². The highest BCUT2D eigenvalue weighted by molar-refractivity contribution is 7.89. The van der Waals surface area contributed by atoms with Crippen molar-refractivity contribution in [3.8, 4) is 0 Å². The Bertz CT molecular complexity index is 526. The van der Waals surface area contributed by atoms with Gasteiger partial charge in [-0.15, -0.1) is 0 Å². The molecule has 1 aliphatic rings. The maximum absolute atomic E-state index is 12.1. The minimum absolute atomic E-state index is 0.0998. The van der Waals surface area contributed by atoms with Crippen LogP contribution in [0.25, 0.3) is 0 Å². The normalized spacial score (nSPS) is 16.8. The van der Waals surface area contributed by atoms with Gasteiger partial charge in [-0.3, -0.25) is 0 Å². The van der Waals surface area contributed by atoms with Gasteiger partial charge in [0.1, 0.15) is 4.90 Å². The summed E-state index contributed by atoms with van der Waals surface area (Å²) in [5.41, 5.74) is 0. The van der Waals surface area contributed by atoms with Gasteiger partial charge >= 0.3 is 0 Å². The Labute approximate surface area is 126 Å². The van der Waals surface area contributed by atoms with Gasteiger partial charge in [-0.2, -0.15) is 0 Å². The highest BCUT2D eigenvalue weighted by Crippen LogP contribution is 2.09. The lowest BCUT2D eigenvalue weighted by Crippen LogP contribution is -2.37. The maximum Gasteiger partial charge on any atom is 0.243 e. The van der Waals surface area contributed by atoms with Crippen LogP contribution in [-0.2, 0) is 10.0 Å². The lowest BCUT2D eigenvalue weighted by molar-refractivity contribution is 0.233. The predicted octanol–water partition coefficient (Wildman–Crippen LogP) is 0.673. The third kappa shape index (κ3) is 4.90. The quantitative estimate of drug-likeness (QED) is 0.769. The molecule has 0 aromatic carbocycles. The van der Waals surface area contributed by atoms with Crippen LogP contribution in [-0.4, -0.2) is 56.0 Å². The molecule has 0 radical (unpaired) electrons. The van der Waals surface area contributed by atoms with E-state index in [1.165, 1.54) is 31.7 Å². The largest absolute Gasteiger partial charge is 0.355 e. The number of piperidine rings is 1. The summed E-state index contributed by atoms with van der Waals surface area (Å²) in [7, 11) is -3.52. The van der Waals surface area contributed by atoms with Gasteiger partial charge in [0.25, 0.3) is 0 Å². The second-order valence-electron chi connectivity index (χ2n) is 5.07. The molecule has 0 bridgehead atoms. The van der Waals surface area contributed by atoms with Gasteiger partial charge in [0.2, 0.25) is 16.0 Å². The van der Waals surface area contributed by atoms with Crippen molar-refractivity contribution < 1.29 is 8.42 Å². The Balaban J connectivity index is 1.85. The van der Waals surface area contributed by atoms with E-state index in [4.69, 9.17) is 0 Å². The smallest absolute Gasteiger partial charge is 0.243 e. The fourth-order valence-corrected chi connectivity index (χ4v) is 3.22. The van der Waals surface area contributed by atoms with Crippen LogP contribution in [0.5, 0.6) is 0 Å². The highest BCUT2D eigenvalue weighted by Gasteiger charge is 2.16. The minimum Gasteiger partial charge on any atom is -0.355 e. The SMILES string of the molecule is CCNc1ncc(S(=O)(=O)NCCN2CCCCC2)cn1. The molecule has 8 heteroatoms. The van der Waals surface area contributed by atoms with Gasteiger partial charge < -0.3 is 10.2 Å². The van der Waals surface area contributed by atoms with Crippen molar-refractivity contribution in [2.45, 2.75) is 31.1 Å². The molecule has 0 amide bonds. The number of anilines is 1. The van der Waals surface area contributed by atoms with E-state index in [-0.39, 0.29) is 4.90 Å². The summed E-state index contributed by atoms with van der Waals surface area (Å²) in [6, 6.07) is 0. The number of nitrogens with one attached hydrogen (secondary N) is 2. The van der Waals surface area contributed by atoms with Crippen molar-refractivity contribution in [2.75, 3.05) is 38.0 Å². The summed E-state index contributed by atoms with van der Waals surface area (Å²) in [5.74, 6) is 0.435. The molecule has 1 fully saturated rings. The van der Waals surface area contributed by atoms with E-state index >= 15 is 0 Å². The van der Waals surface area contributed by atoms with Gasteiger partial charge in [-0.25, -0.2) is 23.1 Å². The number of hydrogen-bond donors (Lipinski definition) is 2. The van der Waals surface area contributed by atoms with E-state index in [1.807, 2.05) is 6.92 Å². The average Bonchev–Trinajstić information content (AvgIpc) is 2.49. The molecule has 118 valence electrons. The Morgan fingerprint density at radius 3 is 2.48 bits per heavy atom. The Kier molecular flexibility index (Phi) is 5.89. The standard InChI is InChI=1S/C13H23N5O2S/c1-2-14-13-15-10-12(11-16-13)21(19,20)17-6-9-18-7-4-3-5-8-18/h10-11,17H,2-9H2,1H3,(H,14,15,16). The first kappa shape index (κ1) is 16.1. The van der Waals surface area contributed by atoms with E-state index in [2.05, 4.69) is 24.9 Å². The molecule has 2 N–H and O–H groups in total. The molecule has 1 aromatic rings. The molecule has 0 spiro atoms. The van der Waals surface area contributed by atoms with Gasteiger partial charge in [0, 0.05) is 19.6 Å². The third-order valence-corrected chi connectivity index (χ3v) is 4.86. The zero-order valence-electron chi connectivity index (χ0n) is 12.4. The summed E-state index contributed by atoms with van der Waals surface area (Å²) in [6.45, 7) is 5.90. The molecule has 2 rings (SSSR count). The van der Waals surface area contributed by atoms with Gasteiger partial charge in [0.15, 0.2) is 0 Å². The summed E-state index contributed by atoms with van der Waals surface area (Å²) in [5, 5.41) is 2.93. The van der Waals surface area contributed by atoms with Crippen molar-refractivity contribution in [3.63, 3.8) is 0 Å². The summed E-state index contributed by atoms with van der Waals surface area (Å²) < 4.78 is 26.8. The monoisotopic (exact) mass is 313 g/mol. The van der Waals surface area contributed by atoms with Crippen LogP contribution in [0.3, 0.4) is 0 Å². The molecule has 0 atom stereocenters. The van der Waals surface area contributed by atoms with Crippen LogP contribution in [0, 0.1) is 0 Å². The average molecular weight is 313 g/mol. The third-order valence-electron chi connectivity index (χ3n) is 3.44.